The van der Waals surface area contributed by atoms with Gasteiger partial charge in [0.1, 0.15) is 5.82 Å². The smallest absolute Gasteiger partial charge is 0.291 e. The van der Waals surface area contributed by atoms with Crippen LogP contribution in [0.1, 0.15) is 22.0 Å². The Morgan fingerprint density at radius 1 is 1.30 bits per heavy atom. The van der Waals surface area contributed by atoms with Gasteiger partial charge in [-0.3, -0.25) is 9.89 Å². The number of ether oxygens (including phenoxy) is 2. The Hall–Kier alpha value is -2.57. The lowest BCUT2D eigenvalue weighted by molar-refractivity contribution is 0.0941. The predicted molar refractivity (Wildman–Crippen MR) is 71.8 cm³/mol. The van der Waals surface area contributed by atoms with Gasteiger partial charge in [0.15, 0.2) is 11.5 Å². The quantitative estimate of drug-likeness (QED) is 0.852. The van der Waals surface area contributed by atoms with E-state index in [1.54, 1.807) is 27.2 Å². The molecule has 1 amide bonds. The van der Waals surface area contributed by atoms with E-state index in [-0.39, 0.29) is 11.7 Å². The number of methoxy groups -OCH3 is 2. The first kappa shape index (κ1) is 13.9. The van der Waals surface area contributed by atoms with Crippen molar-refractivity contribution in [3.05, 3.63) is 35.4 Å². The molecule has 0 saturated carbocycles. The second-order valence-corrected chi connectivity index (χ2v) is 4.12. The van der Waals surface area contributed by atoms with Crippen molar-refractivity contribution in [2.75, 3.05) is 14.2 Å². The summed E-state index contributed by atoms with van der Waals surface area (Å²) in [5, 5.41) is 9.16. The fourth-order valence-electron chi connectivity index (χ4n) is 1.70. The molecule has 0 saturated heterocycles. The zero-order valence-electron chi connectivity index (χ0n) is 11.6. The number of H-pyrrole nitrogens is 1. The monoisotopic (exact) mass is 276 g/mol. The van der Waals surface area contributed by atoms with Crippen molar-refractivity contribution in [3.63, 3.8) is 0 Å². The third-order valence-corrected chi connectivity index (χ3v) is 2.70. The number of nitrogens with one attached hydrogen (secondary N) is 2. The Morgan fingerprint density at radius 3 is 2.65 bits per heavy atom. The molecule has 7 heteroatoms. The topological polar surface area (TPSA) is 89.1 Å². The molecular weight excluding hydrogens is 260 g/mol. The van der Waals surface area contributed by atoms with Gasteiger partial charge in [0.05, 0.1) is 14.2 Å². The van der Waals surface area contributed by atoms with Gasteiger partial charge in [0.2, 0.25) is 5.82 Å². The summed E-state index contributed by atoms with van der Waals surface area (Å²) in [6.45, 7) is 2.09. The third-order valence-electron chi connectivity index (χ3n) is 2.70. The van der Waals surface area contributed by atoms with Crippen molar-refractivity contribution in [2.45, 2.75) is 13.5 Å². The second kappa shape index (κ2) is 6.05. The Balaban J connectivity index is 2.02. The molecule has 2 aromatic rings. The van der Waals surface area contributed by atoms with Crippen molar-refractivity contribution < 1.29 is 14.3 Å². The minimum Gasteiger partial charge on any atom is -0.493 e. The van der Waals surface area contributed by atoms with E-state index >= 15 is 0 Å². The maximum Gasteiger partial charge on any atom is 0.291 e. The maximum absolute atomic E-state index is 11.8. The van der Waals surface area contributed by atoms with Gasteiger partial charge in [0.25, 0.3) is 5.91 Å². The average Bonchev–Trinajstić information content (AvgIpc) is 2.91. The number of carbonyl (C=O) groups is 1. The highest BCUT2D eigenvalue weighted by atomic mass is 16.5. The molecule has 1 heterocycles. The molecule has 2 rings (SSSR count). The standard InChI is InChI=1S/C13H16N4O3/c1-8-15-12(17-16-8)13(18)14-7-9-4-5-10(19-2)11(6-9)20-3/h4-6H,7H2,1-3H3,(H,14,18)(H,15,16,17). The number of rotatable bonds is 5. The molecule has 0 aliphatic heterocycles. The van der Waals surface area contributed by atoms with Crippen LogP contribution >= 0.6 is 0 Å². The van der Waals surface area contributed by atoms with Crippen LogP contribution in [0.25, 0.3) is 0 Å². The number of hydrogen-bond acceptors (Lipinski definition) is 5. The SMILES string of the molecule is COc1ccc(CNC(=O)c2n[nH]c(C)n2)cc1OC. The number of aromatic nitrogens is 3. The van der Waals surface area contributed by atoms with Crippen LogP contribution in [0.5, 0.6) is 11.5 Å². The van der Waals surface area contributed by atoms with Crippen LogP contribution in [-0.4, -0.2) is 35.3 Å². The third kappa shape index (κ3) is 3.05. The van der Waals surface area contributed by atoms with Crippen LogP contribution in [0.4, 0.5) is 0 Å². The zero-order valence-corrected chi connectivity index (χ0v) is 11.6. The maximum atomic E-state index is 11.8. The summed E-state index contributed by atoms with van der Waals surface area (Å²) in [5.41, 5.74) is 0.892. The number of nitrogens with zero attached hydrogens (tertiary/aromatic N) is 2. The summed E-state index contributed by atoms with van der Waals surface area (Å²) >= 11 is 0. The summed E-state index contributed by atoms with van der Waals surface area (Å²) in [5.74, 6) is 1.66. The minimum absolute atomic E-state index is 0.128. The summed E-state index contributed by atoms with van der Waals surface area (Å²) in [4.78, 5) is 15.8. The van der Waals surface area contributed by atoms with Crippen LogP contribution in [0.3, 0.4) is 0 Å². The molecule has 106 valence electrons. The van der Waals surface area contributed by atoms with Crippen molar-refractivity contribution in [1.29, 1.82) is 0 Å². The summed E-state index contributed by atoms with van der Waals surface area (Å²) in [7, 11) is 3.14. The van der Waals surface area contributed by atoms with Gasteiger partial charge in [-0.15, -0.1) is 5.10 Å². The van der Waals surface area contributed by atoms with Crippen molar-refractivity contribution in [3.8, 4) is 11.5 Å². The van der Waals surface area contributed by atoms with Gasteiger partial charge in [-0.1, -0.05) is 6.07 Å². The number of carbonyl (C=O) groups excluding carboxylic acids is 1. The molecular formula is C13H16N4O3. The molecule has 1 aromatic heterocycles. The molecule has 0 spiro atoms. The van der Waals surface area contributed by atoms with E-state index in [9.17, 15) is 4.79 Å². The van der Waals surface area contributed by atoms with Gasteiger partial charge >= 0.3 is 0 Å². The van der Waals surface area contributed by atoms with Crippen LogP contribution in [-0.2, 0) is 6.54 Å². The fourth-order valence-corrected chi connectivity index (χ4v) is 1.70. The van der Waals surface area contributed by atoms with E-state index in [1.165, 1.54) is 0 Å². The van der Waals surface area contributed by atoms with Gasteiger partial charge in [0, 0.05) is 6.54 Å². The van der Waals surface area contributed by atoms with E-state index < -0.39 is 0 Å². The van der Waals surface area contributed by atoms with Gasteiger partial charge in [-0.25, -0.2) is 4.98 Å². The Bertz CT molecular complexity index is 609. The first-order valence-corrected chi connectivity index (χ1v) is 6.02. The molecule has 0 aliphatic rings. The highest BCUT2D eigenvalue weighted by Gasteiger charge is 2.11. The van der Waals surface area contributed by atoms with E-state index in [1.807, 2.05) is 12.1 Å². The van der Waals surface area contributed by atoms with Crippen molar-refractivity contribution in [2.24, 2.45) is 0 Å². The lowest BCUT2D eigenvalue weighted by Crippen LogP contribution is -2.24. The molecule has 1 aromatic carbocycles. The van der Waals surface area contributed by atoms with E-state index in [0.717, 1.165) is 5.56 Å². The van der Waals surface area contributed by atoms with Crippen LogP contribution in [0, 0.1) is 6.92 Å². The van der Waals surface area contributed by atoms with Crippen LogP contribution in [0.15, 0.2) is 18.2 Å². The summed E-state index contributed by atoms with van der Waals surface area (Å²) < 4.78 is 10.4. The second-order valence-electron chi connectivity index (χ2n) is 4.12. The predicted octanol–water partition coefficient (Wildman–Crippen LogP) is 1.06. The van der Waals surface area contributed by atoms with Gasteiger partial charge in [-0.2, -0.15) is 0 Å². The van der Waals surface area contributed by atoms with E-state index in [4.69, 9.17) is 9.47 Å². The molecule has 0 bridgehead atoms. The molecule has 0 unspecified atom stereocenters. The largest absolute Gasteiger partial charge is 0.493 e. The van der Waals surface area contributed by atoms with Gasteiger partial charge in [-0.05, 0) is 24.6 Å². The number of benzene rings is 1. The van der Waals surface area contributed by atoms with Crippen LogP contribution in [0.2, 0.25) is 0 Å². The van der Waals surface area contributed by atoms with E-state index in [2.05, 4.69) is 20.5 Å². The van der Waals surface area contributed by atoms with Gasteiger partial charge < -0.3 is 14.8 Å². The lowest BCUT2D eigenvalue weighted by atomic mass is 10.2. The molecule has 0 radical (unpaired) electrons. The molecule has 0 atom stereocenters. The van der Waals surface area contributed by atoms with Crippen molar-refractivity contribution in [1.82, 2.24) is 20.5 Å². The van der Waals surface area contributed by atoms with E-state index in [0.29, 0.717) is 23.9 Å². The molecule has 2 N–H and O–H groups in total. The minimum atomic E-state index is -0.330. The number of amides is 1. The Labute approximate surface area is 116 Å². The number of aromatic amines is 1. The summed E-state index contributed by atoms with van der Waals surface area (Å²) in [6.07, 6.45) is 0. The fraction of sp³-hybridized carbons (Fsp3) is 0.308. The number of hydrogen-bond donors (Lipinski definition) is 2. The Kier molecular flexibility index (Phi) is 4.19. The molecule has 0 fully saturated rings. The highest BCUT2D eigenvalue weighted by Crippen LogP contribution is 2.27. The van der Waals surface area contributed by atoms with Crippen LogP contribution < -0.4 is 14.8 Å². The summed E-state index contributed by atoms with van der Waals surface area (Å²) in [6, 6.07) is 5.45. The highest BCUT2D eigenvalue weighted by molar-refractivity contribution is 5.90. The zero-order chi connectivity index (χ0) is 14.5. The Morgan fingerprint density at radius 2 is 2.05 bits per heavy atom. The molecule has 20 heavy (non-hydrogen) atoms. The first-order valence-electron chi connectivity index (χ1n) is 6.02. The van der Waals surface area contributed by atoms with Crippen molar-refractivity contribution >= 4 is 5.91 Å². The molecule has 7 nitrogen and oxygen atoms in total. The first-order chi connectivity index (χ1) is 9.63. The average molecular weight is 276 g/mol. The molecule has 0 aliphatic carbocycles. The normalized spacial score (nSPS) is 10.2. The lowest BCUT2D eigenvalue weighted by Gasteiger charge is -2.09. The number of aryl methyl sites for hydroxylation is 1.